The van der Waals surface area contributed by atoms with Gasteiger partial charge in [-0.1, -0.05) is 6.08 Å². The van der Waals surface area contributed by atoms with Gasteiger partial charge in [-0.15, -0.1) is 6.58 Å². The second kappa shape index (κ2) is 6.78. The molecule has 18 heavy (non-hydrogen) atoms. The zero-order chi connectivity index (χ0) is 13.5. The molecule has 2 atom stereocenters. The minimum Gasteiger partial charge on any atom is -0.368 e. The average Bonchev–Trinajstić information content (AvgIpc) is 2.74. The first-order valence-corrected chi connectivity index (χ1v) is 6.04. The third-order valence-corrected chi connectivity index (χ3v) is 2.87. The Kier molecular flexibility index (Phi) is 5.35. The molecule has 0 saturated carbocycles. The number of primary amides is 1. The summed E-state index contributed by atoms with van der Waals surface area (Å²) >= 11 is 0. The SMILES string of the molecule is C=CCCC[C@H](NC(=O)[C@H]1CCC(=O)N1)C(N)=O. The Labute approximate surface area is 106 Å². The Morgan fingerprint density at radius 2 is 2.33 bits per heavy atom. The predicted octanol–water partition coefficient (Wildman–Crippen LogP) is -0.409. The maximum Gasteiger partial charge on any atom is 0.243 e. The van der Waals surface area contributed by atoms with Crippen LogP contribution >= 0.6 is 0 Å². The molecule has 6 nitrogen and oxygen atoms in total. The molecule has 4 N–H and O–H groups in total. The van der Waals surface area contributed by atoms with Crippen molar-refractivity contribution < 1.29 is 14.4 Å². The highest BCUT2D eigenvalue weighted by atomic mass is 16.2. The number of amides is 3. The molecule has 0 spiro atoms. The van der Waals surface area contributed by atoms with Crippen LogP contribution in [0, 0.1) is 0 Å². The first-order chi connectivity index (χ1) is 8.54. The zero-order valence-corrected chi connectivity index (χ0v) is 10.3. The normalized spacial score (nSPS) is 20.0. The predicted molar refractivity (Wildman–Crippen MR) is 66.3 cm³/mol. The molecule has 1 rings (SSSR count). The molecule has 1 aliphatic rings. The lowest BCUT2D eigenvalue weighted by Crippen LogP contribution is -2.50. The van der Waals surface area contributed by atoms with Crippen molar-refractivity contribution in [3.8, 4) is 0 Å². The van der Waals surface area contributed by atoms with Crippen LogP contribution in [0.25, 0.3) is 0 Å². The number of carbonyl (C=O) groups excluding carboxylic acids is 3. The average molecular weight is 253 g/mol. The van der Waals surface area contributed by atoms with E-state index in [0.717, 1.165) is 12.8 Å². The van der Waals surface area contributed by atoms with Gasteiger partial charge in [0.25, 0.3) is 0 Å². The van der Waals surface area contributed by atoms with Gasteiger partial charge in [-0.25, -0.2) is 0 Å². The monoisotopic (exact) mass is 253 g/mol. The number of nitrogens with one attached hydrogen (secondary N) is 2. The number of nitrogens with two attached hydrogens (primary N) is 1. The number of allylic oxidation sites excluding steroid dienone is 1. The molecule has 0 aromatic carbocycles. The molecule has 1 heterocycles. The molecule has 0 bridgehead atoms. The summed E-state index contributed by atoms with van der Waals surface area (Å²) in [5.74, 6) is -1.04. The Morgan fingerprint density at radius 3 is 2.83 bits per heavy atom. The molecule has 6 heteroatoms. The highest BCUT2D eigenvalue weighted by molar-refractivity contribution is 5.93. The number of hydrogen-bond donors (Lipinski definition) is 3. The summed E-state index contributed by atoms with van der Waals surface area (Å²) in [5.41, 5.74) is 5.23. The van der Waals surface area contributed by atoms with E-state index in [-0.39, 0.29) is 11.8 Å². The lowest BCUT2D eigenvalue weighted by molar-refractivity contribution is -0.129. The fourth-order valence-electron chi connectivity index (χ4n) is 1.83. The highest BCUT2D eigenvalue weighted by Crippen LogP contribution is 2.08. The minimum absolute atomic E-state index is 0.141. The van der Waals surface area contributed by atoms with Crippen LogP contribution in [-0.4, -0.2) is 29.8 Å². The summed E-state index contributed by atoms with van der Waals surface area (Å²) in [5, 5.41) is 5.12. The van der Waals surface area contributed by atoms with E-state index in [1.807, 2.05) is 0 Å². The van der Waals surface area contributed by atoms with E-state index in [9.17, 15) is 14.4 Å². The van der Waals surface area contributed by atoms with Gasteiger partial charge < -0.3 is 16.4 Å². The highest BCUT2D eigenvalue weighted by Gasteiger charge is 2.29. The summed E-state index contributed by atoms with van der Waals surface area (Å²) in [6.07, 6.45) is 4.53. The van der Waals surface area contributed by atoms with Crippen LogP contribution in [-0.2, 0) is 14.4 Å². The number of rotatable bonds is 7. The van der Waals surface area contributed by atoms with Gasteiger partial charge in [0.1, 0.15) is 12.1 Å². The summed E-state index contributed by atoms with van der Waals surface area (Å²) in [6, 6.07) is -1.23. The first-order valence-electron chi connectivity index (χ1n) is 6.04. The van der Waals surface area contributed by atoms with Gasteiger partial charge in [-0.05, 0) is 25.7 Å². The quantitative estimate of drug-likeness (QED) is 0.424. The Morgan fingerprint density at radius 1 is 1.61 bits per heavy atom. The van der Waals surface area contributed by atoms with Crippen molar-refractivity contribution in [2.45, 2.75) is 44.2 Å². The maximum atomic E-state index is 11.8. The van der Waals surface area contributed by atoms with Crippen molar-refractivity contribution in [1.29, 1.82) is 0 Å². The van der Waals surface area contributed by atoms with Crippen molar-refractivity contribution in [2.24, 2.45) is 5.73 Å². The van der Waals surface area contributed by atoms with E-state index in [0.29, 0.717) is 19.3 Å². The second-order valence-electron chi connectivity index (χ2n) is 4.34. The van der Waals surface area contributed by atoms with Gasteiger partial charge in [-0.3, -0.25) is 14.4 Å². The standard InChI is InChI=1S/C12H19N3O3/c1-2-3-4-5-8(11(13)17)15-12(18)9-6-7-10(16)14-9/h2,8-9H,1,3-7H2,(H2,13,17)(H,14,16)(H,15,18)/t8-,9+/m0/s1. The lowest BCUT2D eigenvalue weighted by Gasteiger charge is -2.17. The largest absolute Gasteiger partial charge is 0.368 e. The van der Waals surface area contributed by atoms with Crippen molar-refractivity contribution in [1.82, 2.24) is 10.6 Å². The smallest absolute Gasteiger partial charge is 0.243 e. The molecular formula is C12H19N3O3. The van der Waals surface area contributed by atoms with Crippen LogP contribution in [0.3, 0.4) is 0 Å². The van der Waals surface area contributed by atoms with E-state index < -0.39 is 18.0 Å². The number of unbranched alkanes of at least 4 members (excludes halogenated alkanes) is 1. The second-order valence-corrected chi connectivity index (χ2v) is 4.34. The number of hydrogen-bond acceptors (Lipinski definition) is 3. The summed E-state index contributed by atoms with van der Waals surface area (Å²) in [7, 11) is 0. The minimum atomic E-state index is -0.685. The zero-order valence-electron chi connectivity index (χ0n) is 10.3. The van der Waals surface area contributed by atoms with E-state index in [1.54, 1.807) is 6.08 Å². The van der Waals surface area contributed by atoms with Crippen LogP contribution in [0.4, 0.5) is 0 Å². The molecule has 0 aliphatic carbocycles. The fraction of sp³-hybridized carbons (Fsp3) is 0.583. The van der Waals surface area contributed by atoms with Crippen LogP contribution in [0.5, 0.6) is 0 Å². The molecule has 3 amide bonds. The van der Waals surface area contributed by atoms with E-state index in [1.165, 1.54) is 0 Å². The molecule has 0 radical (unpaired) electrons. The van der Waals surface area contributed by atoms with Crippen molar-refractivity contribution in [3.63, 3.8) is 0 Å². The summed E-state index contributed by atoms with van der Waals surface area (Å²) in [6.45, 7) is 3.58. The van der Waals surface area contributed by atoms with Crippen molar-refractivity contribution in [2.75, 3.05) is 0 Å². The van der Waals surface area contributed by atoms with Crippen molar-refractivity contribution >= 4 is 17.7 Å². The van der Waals surface area contributed by atoms with Gasteiger partial charge in [0.05, 0.1) is 0 Å². The molecular weight excluding hydrogens is 234 g/mol. The van der Waals surface area contributed by atoms with Crippen LogP contribution in [0.1, 0.15) is 32.1 Å². The van der Waals surface area contributed by atoms with Crippen LogP contribution in [0.2, 0.25) is 0 Å². The summed E-state index contributed by atoms with van der Waals surface area (Å²) in [4.78, 5) is 34.0. The first kappa shape index (κ1) is 14.2. The van der Waals surface area contributed by atoms with Gasteiger partial charge in [0, 0.05) is 6.42 Å². The topological polar surface area (TPSA) is 101 Å². The lowest BCUT2D eigenvalue weighted by atomic mass is 10.1. The van der Waals surface area contributed by atoms with E-state index in [2.05, 4.69) is 17.2 Å². The van der Waals surface area contributed by atoms with E-state index in [4.69, 9.17) is 5.73 Å². The molecule has 0 aromatic heterocycles. The van der Waals surface area contributed by atoms with Crippen molar-refractivity contribution in [3.05, 3.63) is 12.7 Å². The van der Waals surface area contributed by atoms with Crippen LogP contribution < -0.4 is 16.4 Å². The third kappa shape index (κ3) is 4.20. The van der Waals surface area contributed by atoms with Gasteiger partial charge in [-0.2, -0.15) is 0 Å². The Balaban J connectivity index is 2.44. The van der Waals surface area contributed by atoms with Gasteiger partial charge >= 0.3 is 0 Å². The Hall–Kier alpha value is -1.85. The molecule has 1 fully saturated rings. The van der Waals surface area contributed by atoms with Crippen LogP contribution in [0.15, 0.2) is 12.7 Å². The van der Waals surface area contributed by atoms with Gasteiger partial charge in [0.15, 0.2) is 0 Å². The molecule has 1 aliphatic heterocycles. The molecule has 1 saturated heterocycles. The fourth-order valence-corrected chi connectivity index (χ4v) is 1.83. The molecule has 100 valence electrons. The van der Waals surface area contributed by atoms with Gasteiger partial charge in [0.2, 0.25) is 17.7 Å². The third-order valence-electron chi connectivity index (χ3n) is 2.87. The molecule has 0 unspecified atom stereocenters. The maximum absolute atomic E-state index is 11.8. The van der Waals surface area contributed by atoms with E-state index >= 15 is 0 Å². The Bertz CT molecular complexity index is 354. The number of carbonyl (C=O) groups is 3. The molecule has 0 aromatic rings. The summed E-state index contributed by atoms with van der Waals surface area (Å²) < 4.78 is 0.